The highest BCUT2D eigenvalue weighted by Gasteiger charge is 2.22. The summed E-state index contributed by atoms with van der Waals surface area (Å²) in [6, 6.07) is 1.53. The zero-order chi connectivity index (χ0) is 13.2. The highest BCUT2D eigenvalue weighted by atomic mass is 19.1. The number of aromatic hydroxyl groups is 1. The summed E-state index contributed by atoms with van der Waals surface area (Å²) in [5, 5.41) is 9.73. The first-order valence-electron chi connectivity index (χ1n) is 5.21. The first-order valence-corrected chi connectivity index (χ1v) is 5.21. The van der Waals surface area contributed by atoms with Crippen molar-refractivity contribution < 1.29 is 19.0 Å². The summed E-state index contributed by atoms with van der Waals surface area (Å²) in [4.78, 5) is 0. The molecule has 0 aliphatic rings. The Hall–Kier alpha value is -1.49. The molecule has 0 aliphatic carbocycles. The molecule has 0 saturated carbocycles. The standard InChI is InChI=1S/C12H18FNO3/c1-12(2,14)6-7-5-8(16-3)11(17-4)9(13)10(7)15/h5,15H,6,14H2,1-4H3. The van der Waals surface area contributed by atoms with Crippen molar-refractivity contribution >= 4 is 0 Å². The second-order valence-electron chi connectivity index (χ2n) is 4.60. The Morgan fingerprint density at radius 3 is 2.35 bits per heavy atom. The highest BCUT2D eigenvalue weighted by molar-refractivity contribution is 5.52. The number of phenolic OH excluding ortho intramolecular Hbond substituents is 1. The van der Waals surface area contributed by atoms with Gasteiger partial charge >= 0.3 is 0 Å². The second-order valence-corrected chi connectivity index (χ2v) is 4.60. The van der Waals surface area contributed by atoms with Crippen LogP contribution in [-0.2, 0) is 6.42 Å². The molecule has 0 unspecified atom stereocenters. The van der Waals surface area contributed by atoms with Crippen molar-refractivity contribution in [3.63, 3.8) is 0 Å². The molecule has 0 heterocycles. The van der Waals surface area contributed by atoms with E-state index in [0.29, 0.717) is 12.0 Å². The van der Waals surface area contributed by atoms with Crippen LogP contribution >= 0.6 is 0 Å². The SMILES string of the molecule is COc1cc(CC(C)(C)N)c(O)c(F)c1OC. The number of benzene rings is 1. The summed E-state index contributed by atoms with van der Waals surface area (Å²) < 4.78 is 23.6. The molecule has 0 amide bonds. The van der Waals surface area contributed by atoms with E-state index in [1.54, 1.807) is 13.8 Å². The molecule has 0 bridgehead atoms. The monoisotopic (exact) mass is 243 g/mol. The van der Waals surface area contributed by atoms with Crippen LogP contribution in [0.2, 0.25) is 0 Å². The van der Waals surface area contributed by atoms with Crippen molar-refractivity contribution in [2.24, 2.45) is 5.73 Å². The molecule has 0 spiro atoms. The third-order valence-electron chi connectivity index (χ3n) is 2.31. The molecular formula is C12H18FNO3. The van der Waals surface area contributed by atoms with E-state index in [1.807, 2.05) is 0 Å². The van der Waals surface area contributed by atoms with Gasteiger partial charge in [-0.2, -0.15) is 4.39 Å². The van der Waals surface area contributed by atoms with E-state index in [1.165, 1.54) is 20.3 Å². The average molecular weight is 243 g/mol. The molecule has 0 saturated heterocycles. The Bertz CT molecular complexity index is 413. The zero-order valence-electron chi connectivity index (χ0n) is 10.5. The minimum atomic E-state index is -0.828. The summed E-state index contributed by atoms with van der Waals surface area (Å²) in [5.41, 5.74) is 5.69. The van der Waals surface area contributed by atoms with Gasteiger partial charge in [0.15, 0.2) is 11.5 Å². The molecule has 4 nitrogen and oxygen atoms in total. The van der Waals surface area contributed by atoms with Crippen LogP contribution in [0.15, 0.2) is 6.07 Å². The Kier molecular flexibility index (Phi) is 3.83. The predicted octanol–water partition coefficient (Wildman–Crippen LogP) is 1.83. The van der Waals surface area contributed by atoms with Gasteiger partial charge in [0.05, 0.1) is 14.2 Å². The van der Waals surface area contributed by atoms with Crippen LogP contribution in [0.4, 0.5) is 4.39 Å². The van der Waals surface area contributed by atoms with Crippen molar-refractivity contribution in [2.75, 3.05) is 14.2 Å². The molecule has 17 heavy (non-hydrogen) atoms. The van der Waals surface area contributed by atoms with Crippen LogP contribution in [0.5, 0.6) is 17.2 Å². The predicted molar refractivity (Wildman–Crippen MR) is 63.1 cm³/mol. The molecule has 0 atom stereocenters. The first kappa shape index (κ1) is 13.6. The number of hydrogen-bond acceptors (Lipinski definition) is 4. The molecule has 1 rings (SSSR count). The Balaban J connectivity index is 3.29. The average Bonchev–Trinajstić information content (AvgIpc) is 2.22. The lowest BCUT2D eigenvalue weighted by molar-refractivity contribution is 0.323. The molecule has 3 N–H and O–H groups in total. The largest absolute Gasteiger partial charge is 0.505 e. The Morgan fingerprint density at radius 1 is 1.35 bits per heavy atom. The lowest BCUT2D eigenvalue weighted by Crippen LogP contribution is -2.34. The fourth-order valence-electron chi connectivity index (χ4n) is 1.62. The summed E-state index contributed by atoms with van der Waals surface area (Å²) in [5.74, 6) is -1.14. The summed E-state index contributed by atoms with van der Waals surface area (Å²) in [6.07, 6.45) is 0.329. The minimum Gasteiger partial charge on any atom is -0.505 e. The van der Waals surface area contributed by atoms with E-state index in [4.69, 9.17) is 15.2 Å². The summed E-state index contributed by atoms with van der Waals surface area (Å²) >= 11 is 0. The van der Waals surface area contributed by atoms with E-state index in [2.05, 4.69) is 0 Å². The van der Waals surface area contributed by atoms with E-state index in [-0.39, 0.29) is 11.5 Å². The van der Waals surface area contributed by atoms with Gasteiger partial charge in [-0.15, -0.1) is 0 Å². The molecule has 96 valence electrons. The number of phenols is 1. The van der Waals surface area contributed by atoms with Crippen LogP contribution in [-0.4, -0.2) is 24.9 Å². The highest BCUT2D eigenvalue weighted by Crippen LogP contribution is 2.39. The fourth-order valence-corrected chi connectivity index (χ4v) is 1.62. The van der Waals surface area contributed by atoms with Crippen LogP contribution in [0.3, 0.4) is 0 Å². The maximum atomic E-state index is 13.8. The van der Waals surface area contributed by atoms with Crippen molar-refractivity contribution in [3.05, 3.63) is 17.4 Å². The van der Waals surface area contributed by atoms with Crippen molar-refractivity contribution in [2.45, 2.75) is 25.8 Å². The number of rotatable bonds is 4. The van der Waals surface area contributed by atoms with Gasteiger partial charge < -0.3 is 20.3 Å². The van der Waals surface area contributed by atoms with Crippen LogP contribution in [0.1, 0.15) is 19.4 Å². The maximum Gasteiger partial charge on any atom is 0.210 e. The summed E-state index contributed by atoms with van der Waals surface area (Å²) in [7, 11) is 2.72. The number of halogens is 1. The van der Waals surface area contributed by atoms with Gasteiger partial charge in [0.2, 0.25) is 11.6 Å². The van der Waals surface area contributed by atoms with Gasteiger partial charge in [0.25, 0.3) is 0 Å². The number of hydrogen-bond donors (Lipinski definition) is 2. The van der Waals surface area contributed by atoms with Crippen molar-refractivity contribution in [1.29, 1.82) is 0 Å². The van der Waals surface area contributed by atoms with E-state index in [9.17, 15) is 9.50 Å². The normalized spacial score (nSPS) is 11.4. The number of ether oxygens (including phenoxy) is 2. The van der Waals surface area contributed by atoms with E-state index in [0.717, 1.165) is 0 Å². The molecule has 5 heteroatoms. The van der Waals surface area contributed by atoms with Gasteiger partial charge in [0.1, 0.15) is 0 Å². The fraction of sp³-hybridized carbons (Fsp3) is 0.500. The molecular weight excluding hydrogens is 225 g/mol. The van der Waals surface area contributed by atoms with Gasteiger partial charge in [0, 0.05) is 11.1 Å². The smallest absolute Gasteiger partial charge is 0.210 e. The molecule has 0 radical (unpaired) electrons. The third kappa shape index (κ3) is 3.00. The van der Waals surface area contributed by atoms with Crippen LogP contribution in [0.25, 0.3) is 0 Å². The van der Waals surface area contributed by atoms with Crippen LogP contribution < -0.4 is 15.2 Å². The molecule has 0 aliphatic heterocycles. The van der Waals surface area contributed by atoms with E-state index < -0.39 is 17.1 Å². The van der Waals surface area contributed by atoms with Gasteiger partial charge in [-0.05, 0) is 26.3 Å². The lowest BCUT2D eigenvalue weighted by Gasteiger charge is -2.20. The van der Waals surface area contributed by atoms with Crippen LogP contribution in [0, 0.1) is 5.82 Å². The zero-order valence-corrected chi connectivity index (χ0v) is 10.5. The summed E-state index contributed by atoms with van der Waals surface area (Å²) in [6.45, 7) is 3.59. The van der Waals surface area contributed by atoms with Crippen molar-refractivity contribution in [1.82, 2.24) is 0 Å². The molecule has 1 aromatic carbocycles. The number of nitrogens with two attached hydrogens (primary N) is 1. The Labute approximate surface area is 100 Å². The number of methoxy groups -OCH3 is 2. The van der Waals surface area contributed by atoms with Crippen molar-refractivity contribution in [3.8, 4) is 17.2 Å². The van der Waals surface area contributed by atoms with E-state index >= 15 is 0 Å². The molecule has 0 fully saturated rings. The quantitative estimate of drug-likeness (QED) is 0.846. The molecule has 0 aromatic heterocycles. The maximum absolute atomic E-state index is 13.8. The topological polar surface area (TPSA) is 64.7 Å². The lowest BCUT2D eigenvalue weighted by atomic mass is 9.95. The van der Waals surface area contributed by atoms with Gasteiger partial charge in [-0.1, -0.05) is 0 Å². The second kappa shape index (κ2) is 4.79. The van der Waals surface area contributed by atoms with Gasteiger partial charge in [-0.25, -0.2) is 0 Å². The first-order chi connectivity index (χ1) is 7.80. The Morgan fingerprint density at radius 2 is 1.94 bits per heavy atom. The molecule has 1 aromatic rings. The minimum absolute atomic E-state index is 0.108. The third-order valence-corrected chi connectivity index (χ3v) is 2.31. The van der Waals surface area contributed by atoms with Gasteiger partial charge in [-0.3, -0.25) is 0 Å².